The number of rotatable bonds is 5. The van der Waals surface area contributed by atoms with E-state index in [9.17, 15) is 24.3 Å². The largest absolute Gasteiger partial charge is 0.463 e. The lowest BCUT2D eigenvalue weighted by atomic mass is 9.77. The van der Waals surface area contributed by atoms with Crippen LogP contribution in [0.5, 0.6) is 0 Å². The zero-order valence-electron chi connectivity index (χ0n) is 26.4. The molecule has 2 N–H and O–H groups in total. The van der Waals surface area contributed by atoms with Gasteiger partial charge in [-0.2, -0.15) is 0 Å². The summed E-state index contributed by atoms with van der Waals surface area (Å²) in [6.07, 6.45) is 7.21. The number of amides is 3. The van der Waals surface area contributed by atoms with Crippen LogP contribution in [0.15, 0.2) is 72.8 Å². The molecule has 0 aromatic heterocycles. The summed E-state index contributed by atoms with van der Waals surface area (Å²) in [7, 11) is 0. The van der Waals surface area contributed by atoms with Gasteiger partial charge in [0, 0.05) is 18.7 Å². The summed E-state index contributed by atoms with van der Waals surface area (Å²) in [6, 6.07) is 12.6. The van der Waals surface area contributed by atoms with Gasteiger partial charge >= 0.3 is 5.97 Å². The maximum absolute atomic E-state index is 14.8. The number of aryl methyl sites for hydroxylation is 2. The molecule has 10 heteroatoms. The molecule has 242 valence electrons. The molecule has 0 unspecified atom stereocenters. The molecule has 4 heterocycles. The number of aliphatic hydroxyl groups excluding tert-OH is 1. The van der Waals surface area contributed by atoms with E-state index in [0.717, 1.165) is 22.4 Å². The molecule has 2 fully saturated rings. The summed E-state index contributed by atoms with van der Waals surface area (Å²) < 4.78 is 12.3. The number of nitrogens with one attached hydrogen (secondary N) is 1. The quantitative estimate of drug-likeness (QED) is 0.385. The predicted octanol–water partition coefficient (Wildman–Crippen LogP) is 3.31. The zero-order valence-corrected chi connectivity index (χ0v) is 26.4. The number of aliphatic hydroxyl groups is 1. The van der Waals surface area contributed by atoms with Gasteiger partial charge in [-0.25, -0.2) is 0 Å². The Labute approximate surface area is 269 Å². The molecule has 0 bridgehead atoms. The SMILES string of the molecule is CC[C@@H](CO)N1C(=O)[C@@H]2[C@H]3C(=O)N[C@H](c4ccccc4)COC(=O)CC/C=C\[C@H]3O[C@@]23C=CCN(c2c(C)cccc2C)C(=O)[C@@H]13. The minimum absolute atomic E-state index is 0.0689. The predicted molar refractivity (Wildman–Crippen MR) is 170 cm³/mol. The Morgan fingerprint density at radius 2 is 1.74 bits per heavy atom. The third-order valence-electron chi connectivity index (χ3n) is 9.79. The third kappa shape index (κ3) is 5.33. The lowest BCUT2D eigenvalue weighted by Gasteiger charge is -2.38. The van der Waals surface area contributed by atoms with Gasteiger partial charge in [0.2, 0.25) is 11.8 Å². The fourth-order valence-electron chi connectivity index (χ4n) is 7.62. The van der Waals surface area contributed by atoms with Crippen molar-refractivity contribution >= 4 is 29.4 Å². The summed E-state index contributed by atoms with van der Waals surface area (Å²) >= 11 is 0. The Hall–Kier alpha value is -4.28. The number of para-hydroxylation sites is 1. The second-order valence-electron chi connectivity index (χ2n) is 12.5. The zero-order chi connectivity index (χ0) is 32.6. The topological polar surface area (TPSA) is 125 Å². The summed E-state index contributed by atoms with van der Waals surface area (Å²) in [5.74, 6) is -3.58. The number of benzene rings is 2. The summed E-state index contributed by atoms with van der Waals surface area (Å²) in [6.45, 7) is 5.59. The number of carbonyl (C=O) groups is 4. The molecule has 2 aromatic carbocycles. The van der Waals surface area contributed by atoms with Gasteiger partial charge < -0.3 is 29.7 Å². The molecule has 7 atom stereocenters. The van der Waals surface area contributed by atoms with Crippen LogP contribution in [0.4, 0.5) is 5.69 Å². The number of esters is 1. The fraction of sp³-hybridized carbons (Fsp3) is 0.444. The second kappa shape index (κ2) is 12.8. The monoisotopic (exact) mass is 627 g/mol. The van der Waals surface area contributed by atoms with Gasteiger partial charge in [-0.3, -0.25) is 19.2 Å². The molecule has 0 saturated carbocycles. The molecule has 6 rings (SSSR count). The molecule has 4 aliphatic rings. The summed E-state index contributed by atoms with van der Waals surface area (Å²) in [4.78, 5) is 59.5. The van der Waals surface area contributed by atoms with Crippen molar-refractivity contribution in [3.05, 3.63) is 89.5 Å². The van der Waals surface area contributed by atoms with Crippen molar-refractivity contribution < 1.29 is 33.8 Å². The average molecular weight is 628 g/mol. The third-order valence-corrected chi connectivity index (χ3v) is 9.79. The van der Waals surface area contributed by atoms with Gasteiger partial charge in [-0.05, 0) is 43.4 Å². The number of likely N-dealkylation sites (tertiary alicyclic amines) is 1. The number of hydrogen-bond donors (Lipinski definition) is 2. The first-order valence-corrected chi connectivity index (χ1v) is 16.1. The van der Waals surface area contributed by atoms with Gasteiger partial charge in [0.1, 0.15) is 18.2 Å². The van der Waals surface area contributed by atoms with Crippen LogP contribution in [0.2, 0.25) is 0 Å². The van der Waals surface area contributed by atoms with Crippen LogP contribution in [-0.2, 0) is 28.7 Å². The van der Waals surface area contributed by atoms with Crippen LogP contribution < -0.4 is 10.2 Å². The first-order valence-electron chi connectivity index (χ1n) is 16.1. The van der Waals surface area contributed by atoms with E-state index in [2.05, 4.69) is 5.32 Å². The number of anilines is 1. The number of ether oxygens (including phenoxy) is 2. The first kappa shape index (κ1) is 31.7. The molecule has 4 aliphatic heterocycles. The molecule has 1 spiro atoms. The minimum Gasteiger partial charge on any atom is -0.463 e. The highest BCUT2D eigenvalue weighted by atomic mass is 16.5. The maximum Gasteiger partial charge on any atom is 0.306 e. The molecule has 2 saturated heterocycles. The Morgan fingerprint density at radius 3 is 2.43 bits per heavy atom. The lowest BCUT2D eigenvalue weighted by molar-refractivity contribution is -0.146. The minimum atomic E-state index is -1.46. The van der Waals surface area contributed by atoms with E-state index in [1.54, 1.807) is 23.1 Å². The highest BCUT2D eigenvalue weighted by Gasteiger charge is 2.72. The maximum atomic E-state index is 14.8. The lowest BCUT2D eigenvalue weighted by Crippen LogP contribution is -2.58. The molecule has 3 amide bonds. The molecule has 10 nitrogen and oxygen atoms in total. The molecular formula is C36H41N3O7. The molecule has 2 aromatic rings. The number of carbonyl (C=O) groups excluding carboxylic acids is 4. The Morgan fingerprint density at radius 1 is 1.00 bits per heavy atom. The van der Waals surface area contributed by atoms with Crippen molar-refractivity contribution in [2.75, 3.05) is 24.7 Å². The summed E-state index contributed by atoms with van der Waals surface area (Å²) in [5.41, 5.74) is 1.88. The van der Waals surface area contributed by atoms with Gasteiger partial charge in [0.05, 0.1) is 36.6 Å². The Balaban J connectivity index is 1.47. The number of cyclic esters (lactones) is 1. The van der Waals surface area contributed by atoms with E-state index in [1.165, 1.54) is 4.90 Å². The summed E-state index contributed by atoms with van der Waals surface area (Å²) in [5, 5.41) is 13.5. The van der Waals surface area contributed by atoms with E-state index in [-0.39, 0.29) is 38.1 Å². The average Bonchev–Trinajstić information content (AvgIpc) is 3.44. The van der Waals surface area contributed by atoms with Crippen LogP contribution >= 0.6 is 0 Å². The highest BCUT2D eigenvalue weighted by Crippen LogP contribution is 2.54. The number of fused-ring (bicyclic) bond motifs is 2. The van der Waals surface area contributed by atoms with E-state index >= 15 is 0 Å². The number of nitrogens with zero attached hydrogens (tertiary/aromatic N) is 2. The molecular weight excluding hydrogens is 586 g/mol. The van der Waals surface area contributed by atoms with Crippen molar-refractivity contribution in [3.8, 4) is 0 Å². The molecule has 0 radical (unpaired) electrons. The smallest absolute Gasteiger partial charge is 0.306 e. The Kier molecular flexibility index (Phi) is 8.85. The van der Waals surface area contributed by atoms with E-state index in [1.807, 2.05) is 75.4 Å². The number of hydrogen-bond acceptors (Lipinski definition) is 7. The van der Waals surface area contributed by atoms with Crippen molar-refractivity contribution in [2.24, 2.45) is 11.8 Å². The van der Waals surface area contributed by atoms with Crippen molar-refractivity contribution in [1.29, 1.82) is 0 Å². The number of allylic oxidation sites excluding steroid dienone is 1. The van der Waals surface area contributed by atoms with Crippen LogP contribution in [0, 0.1) is 25.7 Å². The van der Waals surface area contributed by atoms with Gasteiger partial charge in [0.25, 0.3) is 5.91 Å². The molecule has 46 heavy (non-hydrogen) atoms. The van der Waals surface area contributed by atoms with E-state index in [0.29, 0.717) is 12.8 Å². The van der Waals surface area contributed by atoms with Gasteiger partial charge in [-0.15, -0.1) is 0 Å². The van der Waals surface area contributed by atoms with Gasteiger partial charge in [-0.1, -0.05) is 79.8 Å². The molecule has 0 aliphatic carbocycles. The van der Waals surface area contributed by atoms with Crippen LogP contribution in [0.25, 0.3) is 0 Å². The van der Waals surface area contributed by atoms with Crippen molar-refractivity contribution in [3.63, 3.8) is 0 Å². The van der Waals surface area contributed by atoms with Crippen LogP contribution in [0.1, 0.15) is 48.9 Å². The van der Waals surface area contributed by atoms with Crippen molar-refractivity contribution in [1.82, 2.24) is 10.2 Å². The van der Waals surface area contributed by atoms with E-state index < -0.39 is 53.5 Å². The second-order valence-corrected chi connectivity index (χ2v) is 12.5. The van der Waals surface area contributed by atoms with Gasteiger partial charge in [0.15, 0.2) is 0 Å². The highest BCUT2D eigenvalue weighted by molar-refractivity contribution is 6.06. The fourth-order valence-corrected chi connectivity index (χ4v) is 7.62. The van der Waals surface area contributed by atoms with Crippen LogP contribution in [0.3, 0.4) is 0 Å². The van der Waals surface area contributed by atoms with Crippen molar-refractivity contribution in [2.45, 2.75) is 69.9 Å². The van der Waals surface area contributed by atoms with E-state index in [4.69, 9.17) is 9.47 Å². The Bertz CT molecular complexity index is 1550. The normalized spacial score (nSPS) is 31.1. The van der Waals surface area contributed by atoms with Crippen LogP contribution in [-0.4, -0.2) is 77.2 Å². The first-order chi connectivity index (χ1) is 22.2. The standard InChI is InChI=1S/C36H41N3O7/c1-4-25(20-40)39-32-35(44)38(31-22(2)12-10-13-23(31)3)19-11-18-36(32)30(34(39)43)29-27(46-36)16-8-9-17-28(41)45-21-26(37-33(29)42)24-14-6-5-7-15-24/h5-8,10-16,18,25-27,29-30,32,40H,4,9,17,19-21H2,1-3H3,(H,37,42)/b16-8-/t25-,26-,27+,29-,30-,32+,36-/m0/s1.